The maximum atomic E-state index is 5.74. The molecule has 2 aromatic heterocycles. The van der Waals surface area contributed by atoms with Gasteiger partial charge in [0, 0.05) is 23.0 Å². The van der Waals surface area contributed by atoms with Gasteiger partial charge in [-0.15, -0.1) is 11.3 Å². The van der Waals surface area contributed by atoms with Gasteiger partial charge in [-0.25, -0.2) is 0 Å². The number of nitrogens with two attached hydrogens (primary N) is 1. The van der Waals surface area contributed by atoms with Gasteiger partial charge in [0.25, 0.3) is 0 Å². The van der Waals surface area contributed by atoms with E-state index in [9.17, 15) is 0 Å². The number of hydrogen-bond donors (Lipinski definition) is 1. The largest absolute Gasteiger partial charge is 0.487 e. The van der Waals surface area contributed by atoms with Crippen LogP contribution in [0.5, 0.6) is 5.75 Å². The van der Waals surface area contributed by atoms with Gasteiger partial charge >= 0.3 is 0 Å². The van der Waals surface area contributed by atoms with E-state index in [1.807, 2.05) is 12.1 Å². The molecule has 96 valence electrons. The molecule has 0 aliphatic carbocycles. The summed E-state index contributed by atoms with van der Waals surface area (Å²) in [7, 11) is 0. The molecule has 0 aliphatic heterocycles. The normalized spacial score (nSPS) is 10.8. The predicted octanol–water partition coefficient (Wildman–Crippen LogP) is 3.33. The maximum absolute atomic E-state index is 5.74. The molecule has 0 saturated carbocycles. The van der Waals surface area contributed by atoms with Crippen molar-refractivity contribution >= 4 is 21.4 Å². The fraction of sp³-hybridized carbons (Fsp3) is 0.133. The minimum Gasteiger partial charge on any atom is -0.487 e. The Morgan fingerprint density at radius 2 is 2.21 bits per heavy atom. The first-order valence-electron chi connectivity index (χ1n) is 6.09. The van der Waals surface area contributed by atoms with Crippen LogP contribution >= 0.6 is 11.3 Å². The Morgan fingerprint density at radius 1 is 1.26 bits per heavy atom. The quantitative estimate of drug-likeness (QED) is 0.791. The molecule has 3 nitrogen and oxygen atoms in total. The van der Waals surface area contributed by atoms with Crippen LogP contribution in [-0.4, -0.2) is 4.98 Å². The van der Waals surface area contributed by atoms with Crippen LogP contribution in [0.3, 0.4) is 0 Å². The van der Waals surface area contributed by atoms with E-state index in [1.165, 1.54) is 15.6 Å². The zero-order valence-corrected chi connectivity index (χ0v) is 11.2. The van der Waals surface area contributed by atoms with E-state index >= 15 is 0 Å². The van der Waals surface area contributed by atoms with Gasteiger partial charge in [-0.2, -0.15) is 0 Å². The van der Waals surface area contributed by atoms with Crippen LogP contribution in [-0.2, 0) is 13.2 Å². The average molecular weight is 270 g/mol. The summed E-state index contributed by atoms with van der Waals surface area (Å²) in [6, 6.07) is 10.1. The number of ether oxygens (including phenoxy) is 1. The second kappa shape index (κ2) is 5.38. The fourth-order valence-electron chi connectivity index (χ4n) is 1.96. The van der Waals surface area contributed by atoms with Gasteiger partial charge in [0.15, 0.2) is 0 Å². The van der Waals surface area contributed by atoms with Crippen molar-refractivity contribution in [2.75, 3.05) is 0 Å². The van der Waals surface area contributed by atoms with Crippen molar-refractivity contribution in [3.05, 3.63) is 59.2 Å². The van der Waals surface area contributed by atoms with Gasteiger partial charge in [-0.05, 0) is 40.6 Å². The molecule has 19 heavy (non-hydrogen) atoms. The van der Waals surface area contributed by atoms with Crippen LogP contribution in [0.2, 0.25) is 0 Å². The number of rotatable bonds is 4. The Balaban J connectivity index is 1.84. The molecule has 0 amide bonds. The number of thiophene rings is 1. The molecule has 0 saturated heterocycles. The lowest BCUT2D eigenvalue weighted by atomic mass is 10.1. The highest BCUT2D eigenvalue weighted by molar-refractivity contribution is 7.17. The standard InChI is InChI=1S/C15H14N2OS/c16-7-11-3-4-15-14(6-11)12(10-19-15)9-18-13-2-1-5-17-8-13/h1-6,8,10H,7,9,16H2. The molecule has 2 N–H and O–H groups in total. The third kappa shape index (κ3) is 2.59. The fourth-order valence-corrected chi connectivity index (χ4v) is 2.89. The summed E-state index contributed by atoms with van der Waals surface area (Å²) in [5.41, 5.74) is 8.03. The minimum atomic E-state index is 0.555. The first-order valence-corrected chi connectivity index (χ1v) is 6.96. The smallest absolute Gasteiger partial charge is 0.138 e. The molecule has 2 heterocycles. The molecule has 0 fully saturated rings. The lowest BCUT2D eigenvalue weighted by Crippen LogP contribution is -1.97. The van der Waals surface area contributed by atoms with E-state index in [1.54, 1.807) is 23.7 Å². The summed E-state index contributed by atoms with van der Waals surface area (Å²) in [4.78, 5) is 4.04. The van der Waals surface area contributed by atoms with Crippen LogP contribution in [0.4, 0.5) is 0 Å². The second-order valence-corrected chi connectivity index (χ2v) is 5.18. The van der Waals surface area contributed by atoms with E-state index in [-0.39, 0.29) is 0 Å². The lowest BCUT2D eigenvalue weighted by molar-refractivity contribution is 0.307. The first-order chi connectivity index (χ1) is 9.36. The monoisotopic (exact) mass is 270 g/mol. The van der Waals surface area contributed by atoms with Gasteiger partial charge in [0.05, 0.1) is 6.20 Å². The van der Waals surface area contributed by atoms with Crippen molar-refractivity contribution < 1.29 is 4.74 Å². The number of aromatic nitrogens is 1. The topological polar surface area (TPSA) is 48.1 Å². The Labute approximate surface area is 115 Å². The second-order valence-electron chi connectivity index (χ2n) is 4.27. The van der Waals surface area contributed by atoms with E-state index in [4.69, 9.17) is 10.5 Å². The van der Waals surface area contributed by atoms with Crippen LogP contribution in [0.25, 0.3) is 10.1 Å². The molecule has 3 rings (SSSR count). The number of pyridine rings is 1. The number of benzene rings is 1. The van der Waals surface area contributed by atoms with Crippen molar-refractivity contribution in [2.45, 2.75) is 13.2 Å². The van der Waals surface area contributed by atoms with E-state index in [0.717, 1.165) is 11.3 Å². The zero-order chi connectivity index (χ0) is 13.1. The van der Waals surface area contributed by atoms with Gasteiger partial charge in [0.1, 0.15) is 12.4 Å². The SMILES string of the molecule is NCc1ccc2scc(COc3cccnc3)c2c1. The maximum Gasteiger partial charge on any atom is 0.138 e. The highest BCUT2D eigenvalue weighted by Gasteiger charge is 2.05. The molecule has 0 radical (unpaired) electrons. The van der Waals surface area contributed by atoms with Crippen molar-refractivity contribution in [1.82, 2.24) is 4.98 Å². The summed E-state index contributed by atoms with van der Waals surface area (Å²) < 4.78 is 7.01. The number of nitrogens with zero attached hydrogens (tertiary/aromatic N) is 1. The first kappa shape index (κ1) is 12.1. The zero-order valence-electron chi connectivity index (χ0n) is 10.4. The third-order valence-corrected chi connectivity index (χ3v) is 3.99. The molecule has 1 aromatic carbocycles. The summed E-state index contributed by atoms with van der Waals surface area (Å²) in [5.74, 6) is 0.789. The predicted molar refractivity (Wildman–Crippen MR) is 78.3 cm³/mol. The molecule has 0 aliphatic rings. The molecule has 0 atom stereocenters. The summed E-state index contributed by atoms with van der Waals surface area (Å²) in [6.07, 6.45) is 3.46. The van der Waals surface area contributed by atoms with Gasteiger partial charge in [-0.3, -0.25) is 4.98 Å². The van der Waals surface area contributed by atoms with Crippen molar-refractivity contribution in [3.8, 4) is 5.75 Å². The van der Waals surface area contributed by atoms with E-state index in [2.05, 4.69) is 28.6 Å². The Hall–Kier alpha value is -1.91. The number of hydrogen-bond acceptors (Lipinski definition) is 4. The summed E-state index contributed by atoms with van der Waals surface area (Å²) in [6.45, 7) is 1.12. The highest BCUT2D eigenvalue weighted by Crippen LogP contribution is 2.28. The summed E-state index contributed by atoms with van der Waals surface area (Å²) in [5, 5.41) is 3.37. The van der Waals surface area contributed by atoms with Crippen LogP contribution in [0.15, 0.2) is 48.1 Å². The van der Waals surface area contributed by atoms with E-state index < -0.39 is 0 Å². The molecular weight excluding hydrogens is 256 g/mol. The molecule has 3 aromatic rings. The van der Waals surface area contributed by atoms with Crippen LogP contribution in [0.1, 0.15) is 11.1 Å². The molecular formula is C15H14N2OS. The summed E-state index contributed by atoms with van der Waals surface area (Å²) >= 11 is 1.73. The minimum absolute atomic E-state index is 0.555. The van der Waals surface area contributed by atoms with Crippen molar-refractivity contribution in [3.63, 3.8) is 0 Å². The van der Waals surface area contributed by atoms with Crippen LogP contribution in [0, 0.1) is 0 Å². The number of fused-ring (bicyclic) bond motifs is 1. The van der Waals surface area contributed by atoms with Gasteiger partial charge in [-0.1, -0.05) is 6.07 Å². The van der Waals surface area contributed by atoms with Gasteiger partial charge < -0.3 is 10.5 Å². The average Bonchev–Trinajstić information content (AvgIpc) is 2.88. The van der Waals surface area contributed by atoms with Crippen LogP contribution < -0.4 is 10.5 Å². The third-order valence-electron chi connectivity index (χ3n) is 2.98. The highest BCUT2D eigenvalue weighted by atomic mass is 32.1. The molecule has 4 heteroatoms. The van der Waals surface area contributed by atoms with Crippen molar-refractivity contribution in [1.29, 1.82) is 0 Å². The Kier molecular flexibility index (Phi) is 3.44. The molecule has 0 unspecified atom stereocenters. The van der Waals surface area contributed by atoms with Gasteiger partial charge in [0.2, 0.25) is 0 Å². The van der Waals surface area contributed by atoms with E-state index in [0.29, 0.717) is 13.2 Å². The lowest BCUT2D eigenvalue weighted by Gasteiger charge is -2.05. The Bertz CT molecular complexity index is 679. The molecule has 0 bridgehead atoms. The molecule has 0 spiro atoms. The van der Waals surface area contributed by atoms with Crippen molar-refractivity contribution in [2.24, 2.45) is 5.73 Å². The Morgan fingerprint density at radius 3 is 3.00 bits per heavy atom.